The molecule has 2 bridgehead atoms. The van der Waals surface area contributed by atoms with Gasteiger partial charge in [0.05, 0.1) is 26.5 Å². The maximum atomic E-state index is 17.4. The molecule has 13 heteroatoms. The molecule has 5 aliphatic heterocycles. The molecule has 3 unspecified atom stereocenters. The largest absolute Gasteiger partial charge is 0.461 e. The van der Waals surface area contributed by atoms with Gasteiger partial charge in [-0.05, 0) is 118 Å². The van der Waals surface area contributed by atoms with Crippen LogP contribution in [0.4, 0.5) is 13.8 Å². The second-order valence-electron chi connectivity index (χ2n) is 17.9. The van der Waals surface area contributed by atoms with Crippen molar-refractivity contribution in [2.24, 2.45) is 29.1 Å². The zero-order valence-corrected chi connectivity index (χ0v) is 31.3. The molecular weight excluding hydrogens is 728 g/mol. The van der Waals surface area contributed by atoms with Crippen LogP contribution in [0.3, 0.4) is 0 Å². The first-order valence-corrected chi connectivity index (χ1v) is 20.9. The molecule has 5 atom stereocenters. The van der Waals surface area contributed by atoms with Crippen LogP contribution < -0.4 is 15.8 Å². The summed E-state index contributed by atoms with van der Waals surface area (Å²) in [6.45, 7) is 4.12. The number of ether oxygens (including phenoxy) is 1. The summed E-state index contributed by atoms with van der Waals surface area (Å²) in [5.74, 6) is 0.884. The SMILES string of the molecule is N#Cc1c(N)sc2c(F)ccc(-c3c(Cl)cc4c(C56CC7CN(C(=O)[C@@H]8N[C@@H]8C8CC8)CC8CC5(C8)C76)nc(OCC56CCCN5CCC6)nc4c3F)c12. The molecule has 5 saturated heterocycles. The lowest BCUT2D eigenvalue weighted by Gasteiger charge is -2.43. The van der Waals surface area contributed by atoms with Gasteiger partial charge in [-0.3, -0.25) is 15.0 Å². The number of nitrogen functional groups attached to an aromatic ring is 1. The van der Waals surface area contributed by atoms with E-state index in [-0.39, 0.29) is 71.1 Å². The van der Waals surface area contributed by atoms with Gasteiger partial charge >= 0.3 is 6.01 Å². The number of amides is 1. The number of nitrogens with two attached hydrogens (primary N) is 1. The Morgan fingerprint density at radius 2 is 1.93 bits per heavy atom. The number of nitriles is 1. The van der Waals surface area contributed by atoms with Crippen LogP contribution in [0.5, 0.6) is 6.01 Å². The fourth-order valence-corrected chi connectivity index (χ4v) is 14.1. The van der Waals surface area contributed by atoms with Crippen LogP contribution in [0.15, 0.2) is 18.2 Å². The minimum Gasteiger partial charge on any atom is -0.461 e. The van der Waals surface area contributed by atoms with Crippen LogP contribution in [-0.2, 0) is 10.2 Å². The Kier molecular flexibility index (Phi) is 6.53. The van der Waals surface area contributed by atoms with Gasteiger partial charge in [0.1, 0.15) is 35.1 Å². The van der Waals surface area contributed by atoms with Gasteiger partial charge in [0.25, 0.3) is 0 Å². The van der Waals surface area contributed by atoms with Crippen LogP contribution in [-0.4, -0.2) is 76.1 Å². The lowest BCUT2D eigenvalue weighted by molar-refractivity contribution is -0.134. The molecule has 4 saturated carbocycles. The monoisotopic (exact) mass is 767 g/mol. The highest BCUT2D eigenvalue weighted by Gasteiger charge is 2.88. The van der Waals surface area contributed by atoms with Crippen molar-refractivity contribution in [3.63, 3.8) is 0 Å². The fraction of sp³-hybridized carbons (Fsp3) is 0.561. The summed E-state index contributed by atoms with van der Waals surface area (Å²) in [6.07, 6.45) is 9.74. The molecule has 54 heavy (non-hydrogen) atoms. The van der Waals surface area contributed by atoms with Gasteiger partial charge in [-0.15, -0.1) is 11.3 Å². The summed E-state index contributed by atoms with van der Waals surface area (Å²) < 4.78 is 39.3. The van der Waals surface area contributed by atoms with Crippen molar-refractivity contribution in [2.75, 3.05) is 38.5 Å². The van der Waals surface area contributed by atoms with Gasteiger partial charge in [-0.2, -0.15) is 15.2 Å². The lowest BCUT2D eigenvalue weighted by Crippen LogP contribution is -2.48. The Bertz CT molecular complexity index is 2400. The van der Waals surface area contributed by atoms with Gasteiger partial charge in [-0.1, -0.05) is 17.7 Å². The van der Waals surface area contributed by atoms with E-state index >= 15 is 8.78 Å². The van der Waals surface area contributed by atoms with E-state index in [0.29, 0.717) is 47.3 Å². The summed E-state index contributed by atoms with van der Waals surface area (Å²) in [5, 5.41) is 14.6. The van der Waals surface area contributed by atoms with Crippen LogP contribution in [0, 0.1) is 52.1 Å². The van der Waals surface area contributed by atoms with Crippen molar-refractivity contribution in [1.29, 1.82) is 5.26 Å². The molecule has 1 amide bonds. The van der Waals surface area contributed by atoms with Gasteiger partial charge < -0.3 is 15.4 Å². The molecule has 0 radical (unpaired) electrons. The van der Waals surface area contributed by atoms with Crippen molar-refractivity contribution in [2.45, 2.75) is 80.8 Å². The number of benzene rings is 2. The van der Waals surface area contributed by atoms with Gasteiger partial charge in [-0.25, -0.2) is 8.78 Å². The molecule has 9 nitrogen and oxygen atoms in total. The molecule has 9 fully saturated rings. The minimum atomic E-state index is -0.651. The van der Waals surface area contributed by atoms with E-state index in [4.69, 9.17) is 32.0 Å². The van der Waals surface area contributed by atoms with E-state index in [2.05, 4.69) is 21.2 Å². The van der Waals surface area contributed by atoms with Crippen molar-refractivity contribution < 1.29 is 18.3 Å². The molecule has 278 valence electrons. The number of anilines is 1. The standard InChI is InChI=1S/C41H40ClF2N7O2S/c42-25-11-23-31(29(44)28(25)22-5-6-26(43)33-27(22)24(15-45)36(46)54-33)48-38(53-18-39-7-1-9-51(39)10-2-8-39)49-35(23)41-14-21-17-50(16-19-12-40(41,13-19)34(21)41)37(52)32-30(47-32)20-3-4-20/h5-6,11,19-21,30,32,34,47H,1-4,7-10,12-14,16-18,46H2/t19?,21?,30-,32-,34?,40?,41?/m1/s1. The van der Waals surface area contributed by atoms with E-state index in [1.54, 1.807) is 6.07 Å². The number of fused-ring (bicyclic) bond motifs is 5. The number of hydrogen-bond acceptors (Lipinski definition) is 9. The lowest BCUT2D eigenvalue weighted by atomic mass is 9.66. The summed E-state index contributed by atoms with van der Waals surface area (Å²) in [4.78, 5) is 28.4. The number of carbonyl (C=O) groups excluding carboxylic acids is 1. The summed E-state index contributed by atoms with van der Waals surface area (Å²) in [6, 6.07) is 7.11. The number of carbonyl (C=O) groups is 1. The Labute approximate surface area is 320 Å². The predicted molar refractivity (Wildman–Crippen MR) is 201 cm³/mol. The predicted octanol–water partition coefficient (Wildman–Crippen LogP) is 6.78. The molecule has 2 aromatic carbocycles. The third kappa shape index (κ3) is 4.12. The van der Waals surface area contributed by atoms with Crippen LogP contribution in [0.25, 0.3) is 32.1 Å². The number of nitrogens with one attached hydrogen (secondary N) is 1. The second-order valence-corrected chi connectivity index (χ2v) is 19.3. The maximum Gasteiger partial charge on any atom is 0.317 e. The van der Waals surface area contributed by atoms with E-state index in [1.165, 1.54) is 25.0 Å². The molecule has 9 aliphatic rings. The maximum absolute atomic E-state index is 17.4. The Hall–Kier alpha value is -3.63. The average molecular weight is 768 g/mol. The van der Waals surface area contributed by atoms with E-state index in [0.717, 1.165) is 88.2 Å². The van der Waals surface area contributed by atoms with E-state index in [9.17, 15) is 10.1 Å². The number of hydrogen-bond donors (Lipinski definition) is 2. The molecule has 2 aromatic heterocycles. The molecular formula is C41H40ClF2N7O2S. The number of thiophene rings is 1. The van der Waals surface area contributed by atoms with Gasteiger partial charge in [0.15, 0.2) is 5.82 Å². The quantitative estimate of drug-likeness (QED) is 0.197. The highest BCUT2D eigenvalue weighted by Crippen LogP contribution is 2.90. The molecule has 3 N–H and O–H groups in total. The third-order valence-electron chi connectivity index (χ3n) is 15.3. The molecule has 13 rings (SSSR count). The van der Waals surface area contributed by atoms with Crippen molar-refractivity contribution in [3.8, 4) is 23.2 Å². The zero-order chi connectivity index (χ0) is 36.5. The first-order chi connectivity index (χ1) is 26.2. The Morgan fingerprint density at radius 1 is 1.13 bits per heavy atom. The highest BCUT2D eigenvalue weighted by molar-refractivity contribution is 7.23. The zero-order valence-electron chi connectivity index (χ0n) is 29.8. The van der Waals surface area contributed by atoms with Gasteiger partial charge in [0, 0.05) is 40.9 Å². The highest BCUT2D eigenvalue weighted by atomic mass is 35.5. The smallest absolute Gasteiger partial charge is 0.317 e. The third-order valence-corrected chi connectivity index (χ3v) is 16.6. The Balaban J connectivity index is 0.971. The molecule has 4 aromatic rings. The molecule has 4 aliphatic carbocycles. The van der Waals surface area contributed by atoms with Crippen LogP contribution in [0.1, 0.15) is 69.0 Å². The number of rotatable bonds is 7. The topological polar surface area (TPSA) is 130 Å². The number of halogens is 3. The van der Waals surface area contributed by atoms with E-state index < -0.39 is 11.6 Å². The Morgan fingerprint density at radius 3 is 2.69 bits per heavy atom. The van der Waals surface area contributed by atoms with Gasteiger partial charge in [0.2, 0.25) is 5.91 Å². The van der Waals surface area contributed by atoms with E-state index in [1.807, 2.05) is 0 Å². The average Bonchev–Trinajstić information content (AvgIpc) is 4.05. The van der Waals surface area contributed by atoms with Crippen molar-refractivity contribution in [1.82, 2.24) is 25.1 Å². The van der Waals surface area contributed by atoms with Crippen molar-refractivity contribution in [3.05, 3.63) is 46.1 Å². The summed E-state index contributed by atoms with van der Waals surface area (Å²) in [5.41, 5.74) is 7.29. The first-order valence-electron chi connectivity index (χ1n) is 19.7. The second kappa shape index (κ2) is 10.8. The first kappa shape index (κ1) is 32.6. The summed E-state index contributed by atoms with van der Waals surface area (Å²) >= 11 is 8.05. The fourth-order valence-electron chi connectivity index (χ4n) is 12.9. The number of aromatic nitrogens is 2. The minimum absolute atomic E-state index is 0.0251. The number of nitrogens with zero attached hydrogens (tertiary/aromatic N) is 5. The molecule has 7 heterocycles. The van der Waals surface area contributed by atoms with Crippen LogP contribution in [0.2, 0.25) is 5.02 Å². The summed E-state index contributed by atoms with van der Waals surface area (Å²) in [7, 11) is 0. The van der Waals surface area contributed by atoms with Crippen LogP contribution >= 0.6 is 22.9 Å². The van der Waals surface area contributed by atoms with Crippen molar-refractivity contribution >= 4 is 54.8 Å². The normalized spacial score (nSPS) is 34.0. The molecule has 1 spiro atoms.